The molecule has 0 radical (unpaired) electrons. The molecule has 1 atom stereocenters. The summed E-state index contributed by atoms with van der Waals surface area (Å²) in [6.07, 6.45) is 4.53. The van der Waals surface area contributed by atoms with Gasteiger partial charge < -0.3 is 0 Å². The van der Waals surface area contributed by atoms with Gasteiger partial charge in [0.25, 0.3) is 5.82 Å². The molecular formula is C16H19N6O2S+. The van der Waals surface area contributed by atoms with Crippen LogP contribution in [-0.2, 0) is 10.0 Å². The molecule has 0 amide bonds. The summed E-state index contributed by atoms with van der Waals surface area (Å²) in [6, 6.07) is 11.2. The van der Waals surface area contributed by atoms with E-state index in [1.807, 2.05) is 36.2 Å². The number of aromatic nitrogens is 4. The molecular weight excluding hydrogens is 340 g/mol. The second-order valence-corrected chi connectivity index (χ2v) is 7.23. The van der Waals surface area contributed by atoms with Crippen LogP contribution in [0.1, 0.15) is 18.5 Å². The molecule has 0 saturated carbocycles. The molecule has 0 aliphatic carbocycles. The summed E-state index contributed by atoms with van der Waals surface area (Å²) < 4.78 is 24.4. The van der Waals surface area contributed by atoms with Gasteiger partial charge in [0.2, 0.25) is 10.0 Å². The number of hydrogen-bond acceptors (Lipinski definition) is 5. The van der Waals surface area contributed by atoms with E-state index in [9.17, 15) is 8.42 Å². The van der Waals surface area contributed by atoms with Crippen molar-refractivity contribution < 1.29 is 13.4 Å². The molecule has 8 nitrogen and oxygen atoms in total. The van der Waals surface area contributed by atoms with Crippen LogP contribution in [0.3, 0.4) is 0 Å². The first-order chi connectivity index (χ1) is 11.9. The highest BCUT2D eigenvalue weighted by molar-refractivity contribution is 7.89. The molecule has 3 N–H and O–H groups in total. The van der Waals surface area contributed by atoms with Gasteiger partial charge in [0.05, 0.1) is 12.7 Å². The first-order valence-electron chi connectivity index (χ1n) is 7.58. The maximum absolute atomic E-state index is 11.3. The first-order valence-corrected chi connectivity index (χ1v) is 9.13. The maximum atomic E-state index is 11.3. The summed E-state index contributed by atoms with van der Waals surface area (Å²) in [4.78, 5) is 8.97. The molecule has 1 aromatic carbocycles. The Hall–Kier alpha value is -2.78. The topological polar surface area (TPSA) is 108 Å². The molecule has 0 aliphatic rings. The van der Waals surface area contributed by atoms with Gasteiger partial charge in [-0.3, -0.25) is 4.90 Å². The van der Waals surface area contributed by atoms with Gasteiger partial charge in [-0.05, 0) is 30.7 Å². The number of pyridine rings is 1. The normalized spacial score (nSPS) is 12.8. The van der Waals surface area contributed by atoms with Gasteiger partial charge in [-0.2, -0.15) is 5.10 Å². The quantitative estimate of drug-likeness (QED) is 0.729. The Bertz CT molecular complexity index is 937. The van der Waals surface area contributed by atoms with Crippen molar-refractivity contribution >= 4 is 15.8 Å². The Morgan fingerprint density at radius 1 is 1.20 bits per heavy atom. The Labute approximate surface area is 146 Å². The maximum Gasteiger partial charge on any atom is 0.274 e. The van der Waals surface area contributed by atoms with Crippen molar-refractivity contribution in [2.75, 3.05) is 11.9 Å². The van der Waals surface area contributed by atoms with E-state index in [0.717, 1.165) is 17.1 Å². The number of hydrogen-bond donors (Lipinski definition) is 1. The van der Waals surface area contributed by atoms with Crippen molar-refractivity contribution in [1.82, 2.24) is 14.8 Å². The summed E-state index contributed by atoms with van der Waals surface area (Å²) in [7, 11) is -1.78. The molecule has 3 rings (SSSR count). The lowest BCUT2D eigenvalue weighted by Crippen LogP contribution is -2.28. The molecule has 9 heteroatoms. The van der Waals surface area contributed by atoms with Crippen LogP contribution in [-0.4, -0.2) is 30.2 Å². The molecule has 0 spiro atoms. The van der Waals surface area contributed by atoms with Crippen molar-refractivity contribution in [3.05, 3.63) is 60.8 Å². The average Bonchev–Trinajstić information content (AvgIpc) is 3.14. The minimum atomic E-state index is -3.71. The molecule has 0 unspecified atom stereocenters. The van der Waals surface area contributed by atoms with Gasteiger partial charge in [-0.1, -0.05) is 12.1 Å². The van der Waals surface area contributed by atoms with Crippen LogP contribution < -0.4 is 15.0 Å². The number of nitrogens with zero attached hydrogens (tertiary/aromatic N) is 4. The number of H-pyrrole nitrogens is 1. The number of anilines is 1. The van der Waals surface area contributed by atoms with Crippen LogP contribution in [0.2, 0.25) is 0 Å². The molecule has 0 fully saturated rings. The van der Waals surface area contributed by atoms with Gasteiger partial charge in [-0.15, -0.1) is 0 Å². The molecule has 3 aromatic rings. The lowest BCUT2D eigenvalue weighted by Gasteiger charge is -2.20. The Morgan fingerprint density at radius 2 is 1.92 bits per heavy atom. The zero-order valence-corrected chi connectivity index (χ0v) is 14.7. The Morgan fingerprint density at radius 3 is 2.44 bits per heavy atom. The van der Waals surface area contributed by atoms with Gasteiger partial charge in [0, 0.05) is 6.07 Å². The second-order valence-electron chi connectivity index (χ2n) is 5.67. The third kappa shape index (κ3) is 3.67. The number of rotatable bonds is 5. The fourth-order valence-corrected chi connectivity index (χ4v) is 2.96. The van der Waals surface area contributed by atoms with Crippen molar-refractivity contribution in [2.24, 2.45) is 5.14 Å². The van der Waals surface area contributed by atoms with E-state index in [1.165, 1.54) is 18.6 Å². The minimum Gasteiger partial charge on any atom is -0.258 e. The summed E-state index contributed by atoms with van der Waals surface area (Å²) in [5.74, 6) is 0.778. The number of sulfonamides is 1. The van der Waals surface area contributed by atoms with Crippen molar-refractivity contribution in [2.45, 2.75) is 17.9 Å². The lowest BCUT2D eigenvalue weighted by atomic mass is 10.1. The van der Waals surface area contributed by atoms with Gasteiger partial charge in [0.1, 0.15) is 29.8 Å². The third-order valence-corrected chi connectivity index (χ3v) is 5.03. The summed E-state index contributed by atoms with van der Waals surface area (Å²) in [5.41, 5.74) is 2.04. The SMILES string of the molecule is C[C@@H](c1ccc(-n2cncn2)cc1)N(C)c1ccc(S(N)(=O)=O)c[nH+]1. The summed E-state index contributed by atoms with van der Waals surface area (Å²) in [6.45, 7) is 2.06. The molecule has 0 saturated heterocycles. The number of benzene rings is 1. The Kier molecular flexibility index (Phi) is 4.51. The lowest BCUT2D eigenvalue weighted by molar-refractivity contribution is -0.367. The highest BCUT2D eigenvalue weighted by atomic mass is 32.2. The van der Waals surface area contributed by atoms with E-state index in [0.29, 0.717) is 0 Å². The van der Waals surface area contributed by atoms with Crippen LogP contribution in [0.5, 0.6) is 0 Å². The average molecular weight is 359 g/mol. The highest BCUT2D eigenvalue weighted by Gasteiger charge is 2.21. The van der Waals surface area contributed by atoms with Crippen LogP contribution in [0.4, 0.5) is 5.82 Å². The summed E-state index contributed by atoms with van der Waals surface area (Å²) in [5, 5.41) is 9.22. The third-order valence-electron chi connectivity index (χ3n) is 4.12. The largest absolute Gasteiger partial charge is 0.274 e. The van der Waals surface area contributed by atoms with E-state index < -0.39 is 10.0 Å². The van der Waals surface area contributed by atoms with E-state index in [2.05, 4.69) is 22.0 Å². The van der Waals surface area contributed by atoms with Crippen molar-refractivity contribution in [3.8, 4) is 5.69 Å². The van der Waals surface area contributed by atoms with E-state index >= 15 is 0 Å². The second kappa shape index (κ2) is 6.61. The number of aromatic amines is 1. The molecule has 0 bridgehead atoms. The fraction of sp³-hybridized carbons (Fsp3) is 0.188. The molecule has 0 aliphatic heterocycles. The van der Waals surface area contributed by atoms with Gasteiger partial charge in [-0.25, -0.2) is 28.2 Å². The molecule has 130 valence electrons. The van der Waals surface area contributed by atoms with Crippen LogP contribution in [0.25, 0.3) is 5.69 Å². The monoisotopic (exact) mass is 359 g/mol. The predicted octanol–water partition coefficient (Wildman–Crippen LogP) is 0.926. The number of primary sulfonamides is 1. The van der Waals surface area contributed by atoms with E-state index in [4.69, 9.17) is 5.14 Å². The highest BCUT2D eigenvalue weighted by Crippen LogP contribution is 2.23. The number of nitrogens with two attached hydrogens (primary N) is 1. The van der Waals surface area contributed by atoms with Crippen LogP contribution >= 0.6 is 0 Å². The first kappa shape index (κ1) is 17.1. The summed E-state index contributed by atoms with van der Waals surface area (Å²) >= 11 is 0. The Balaban J connectivity index is 1.79. The van der Waals surface area contributed by atoms with E-state index in [-0.39, 0.29) is 10.9 Å². The van der Waals surface area contributed by atoms with Gasteiger partial charge in [0.15, 0.2) is 0 Å². The number of nitrogens with one attached hydrogen (secondary N) is 1. The van der Waals surface area contributed by atoms with Crippen molar-refractivity contribution in [3.63, 3.8) is 0 Å². The van der Waals surface area contributed by atoms with E-state index in [1.54, 1.807) is 17.1 Å². The fourth-order valence-electron chi connectivity index (χ4n) is 2.48. The van der Waals surface area contributed by atoms with Crippen LogP contribution in [0, 0.1) is 0 Å². The molecule has 2 heterocycles. The smallest absolute Gasteiger partial charge is 0.258 e. The molecule has 2 aromatic heterocycles. The molecule has 25 heavy (non-hydrogen) atoms. The standard InChI is InChI=1S/C16H18N6O2S/c1-12(13-3-5-14(6-4-13)22-11-18-10-20-22)21(2)16-8-7-15(9-19-16)25(17,23)24/h3-12H,1-2H3,(H2,17,23,24)/p+1/t12-/m0/s1. The predicted molar refractivity (Wildman–Crippen MR) is 92.5 cm³/mol. The van der Waals surface area contributed by atoms with Crippen molar-refractivity contribution in [1.29, 1.82) is 0 Å². The zero-order chi connectivity index (χ0) is 18.0. The van der Waals surface area contributed by atoms with Crippen LogP contribution in [0.15, 0.2) is 60.1 Å². The zero-order valence-electron chi connectivity index (χ0n) is 13.9. The minimum absolute atomic E-state index is 0.0505. The van der Waals surface area contributed by atoms with Gasteiger partial charge >= 0.3 is 0 Å².